The Bertz CT molecular complexity index is 1390. The summed E-state index contributed by atoms with van der Waals surface area (Å²) in [7, 11) is 1.73. The third-order valence-electron chi connectivity index (χ3n) is 5.09. The van der Waals surface area contributed by atoms with Gasteiger partial charge in [0.1, 0.15) is 0 Å². The number of aromatic nitrogens is 4. The molecule has 0 bridgehead atoms. The molecule has 35 heavy (non-hydrogen) atoms. The number of carbonyl (C=O) groups is 1. The fraction of sp³-hybridized carbons (Fsp3) is 0.217. The summed E-state index contributed by atoms with van der Waals surface area (Å²) in [6.07, 6.45) is -2.91. The number of carbonyl (C=O) groups excluding carboxylic acids is 1. The minimum atomic E-state index is -4.50. The van der Waals surface area contributed by atoms with Gasteiger partial charge in [-0.25, -0.2) is 15.1 Å². The number of hydrogen-bond donors (Lipinski definition) is 3. The maximum absolute atomic E-state index is 13.0. The van der Waals surface area contributed by atoms with Gasteiger partial charge in [-0.1, -0.05) is 12.1 Å². The zero-order valence-electron chi connectivity index (χ0n) is 19.1. The number of halogens is 3. The predicted molar refractivity (Wildman–Crippen MR) is 125 cm³/mol. The van der Waals surface area contributed by atoms with Crippen LogP contribution >= 0.6 is 0 Å². The Hall–Kier alpha value is -4.19. The van der Waals surface area contributed by atoms with E-state index in [1.165, 1.54) is 12.1 Å². The van der Waals surface area contributed by atoms with Gasteiger partial charge in [0.15, 0.2) is 11.5 Å². The molecule has 4 aromatic rings. The van der Waals surface area contributed by atoms with E-state index in [2.05, 4.69) is 31.2 Å². The van der Waals surface area contributed by atoms with Gasteiger partial charge in [0, 0.05) is 30.2 Å². The highest BCUT2D eigenvalue weighted by molar-refractivity contribution is 6.05. The molecule has 4 rings (SSSR count). The molecular formula is C23H22F3N7O2. The molecule has 0 atom stereocenters. The van der Waals surface area contributed by atoms with E-state index in [0.717, 1.165) is 17.7 Å². The molecule has 9 nitrogen and oxygen atoms in total. The first kappa shape index (κ1) is 24.0. The van der Waals surface area contributed by atoms with Gasteiger partial charge in [0.25, 0.3) is 5.91 Å². The molecule has 182 valence electrons. The van der Waals surface area contributed by atoms with Gasteiger partial charge in [-0.2, -0.15) is 23.3 Å². The molecule has 0 unspecified atom stereocenters. The zero-order valence-corrected chi connectivity index (χ0v) is 19.1. The van der Waals surface area contributed by atoms with Crippen molar-refractivity contribution in [2.24, 2.45) is 7.05 Å². The van der Waals surface area contributed by atoms with Crippen molar-refractivity contribution in [1.82, 2.24) is 19.7 Å². The summed E-state index contributed by atoms with van der Waals surface area (Å²) >= 11 is 0. The molecule has 0 aliphatic heterocycles. The Morgan fingerprint density at radius 2 is 1.97 bits per heavy atom. The fourth-order valence-electron chi connectivity index (χ4n) is 3.32. The van der Waals surface area contributed by atoms with Crippen molar-refractivity contribution < 1.29 is 22.8 Å². The summed E-state index contributed by atoms with van der Waals surface area (Å²) in [5.41, 5.74) is 4.09. The molecule has 12 heteroatoms. The lowest BCUT2D eigenvalue weighted by molar-refractivity contribution is -0.137. The number of hydrogen-bond acceptors (Lipinski definition) is 7. The van der Waals surface area contributed by atoms with Gasteiger partial charge in [-0.3, -0.25) is 9.63 Å². The average Bonchev–Trinajstić information content (AvgIpc) is 3.13. The number of nitrogens with zero attached hydrogens (tertiary/aromatic N) is 4. The molecule has 0 spiro atoms. The topological polar surface area (TPSA) is 106 Å². The van der Waals surface area contributed by atoms with E-state index in [-0.39, 0.29) is 11.3 Å². The van der Waals surface area contributed by atoms with E-state index >= 15 is 0 Å². The quantitative estimate of drug-likeness (QED) is 0.315. The van der Waals surface area contributed by atoms with Crippen LogP contribution in [0, 0.1) is 6.92 Å². The van der Waals surface area contributed by atoms with E-state index in [9.17, 15) is 18.0 Å². The number of benzene rings is 2. The highest BCUT2D eigenvalue weighted by Crippen LogP contribution is 2.31. The summed E-state index contributed by atoms with van der Waals surface area (Å²) in [6, 6.07) is 9.40. The van der Waals surface area contributed by atoms with Gasteiger partial charge in [0.05, 0.1) is 17.6 Å². The van der Waals surface area contributed by atoms with Crippen LogP contribution in [0.5, 0.6) is 0 Å². The number of nitrogens with one attached hydrogen (secondary N) is 3. The van der Waals surface area contributed by atoms with Crippen molar-refractivity contribution in [1.29, 1.82) is 0 Å². The number of fused-ring (bicyclic) bond motifs is 1. The van der Waals surface area contributed by atoms with Crippen molar-refractivity contribution in [2.75, 3.05) is 22.7 Å². The smallest absolute Gasteiger partial charge is 0.338 e. The number of rotatable bonds is 7. The molecule has 0 saturated carbocycles. The highest BCUT2D eigenvalue weighted by Gasteiger charge is 2.30. The van der Waals surface area contributed by atoms with Gasteiger partial charge in [0.2, 0.25) is 5.95 Å². The van der Waals surface area contributed by atoms with Crippen LogP contribution in [0.25, 0.3) is 11.0 Å². The predicted octanol–water partition coefficient (Wildman–Crippen LogP) is 5.05. The minimum Gasteiger partial charge on any atom is -0.338 e. The van der Waals surface area contributed by atoms with E-state index in [4.69, 9.17) is 4.84 Å². The molecule has 2 aromatic carbocycles. The van der Waals surface area contributed by atoms with Crippen molar-refractivity contribution in [3.8, 4) is 0 Å². The molecule has 0 fully saturated rings. The standard InChI is InChI=1S/C23H22F3N7O2/c1-4-35-32-22-27-12-17-19(31-33(3)20(17)30-22)29-18-10-14(9-8-13(18)2)21(34)28-16-7-5-6-15(11-16)23(24,25)26/h5-12H,4H2,1-3H3,(H,28,34)(H,29,31)(H,27,30,32). The summed E-state index contributed by atoms with van der Waals surface area (Å²) in [5.74, 6) is 0.218. The number of aryl methyl sites for hydroxylation is 2. The number of amides is 1. The number of alkyl halides is 3. The Balaban J connectivity index is 1.57. The second-order valence-electron chi connectivity index (χ2n) is 7.63. The third-order valence-corrected chi connectivity index (χ3v) is 5.09. The van der Waals surface area contributed by atoms with Gasteiger partial charge in [-0.15, -0.1) is 0 Å². The lowest BCUT2D eigenvalue weighted by atomic mass is 10.1. The first-order chi connectivity index (χ1) is 16.7. The monoisotopic (exact) mass is 485 g/mol. The maximum Gasteiger partial charge on any atom is 0.416 e. The Kier molecular flexibility index (Phi) is 6.56. The summed E-state index contributed by atoms with van der Waals surface area (Å²) in [5, 5.41) is 10.8. The lowest BCUT2D eigenvalue weighted by Crippen LogP contribution is -2.13. The molecule has 0 aliphatic carbocycles. The van der Waals surface area contributed by atoms with E-state index < -0.39 is 17.6 Å². The molecule has 0 saturated heterocycles. The fourth-order valence-corrected chi connectivity index (χ4v) is 3.32. The molecule has 1 amide bonds. The lowest BCUT2D eigenvalue weighted by Gasteiger charge is -2.12. The second-order valence-corrected chi connectivity index (χ2v) is 7.63. The Morgan fingerprint density at radius 3 is 2.71 bits per heavy atom. The van der Waals surface area contributed by atoms with Crippen molar-refractivity contribution in [3.05, 3.63) is 65.4 Å². The van der Waals surface area contributed by atoms with Crippen LogP contribution in [0.3, 0.4) is 0 Å². The van der Waals surface area contributed by atoms with E-state index in [0.29, 0.717) is 35.1 Å². The van der Waals surface area contributed by atoms with Crippen LogP contribution < -0.4 is 16.1 Å². The summed E-state index contributed by atoms with van der Waals surface area (Å²) in [4.78, 5) is 26.5. The maximum atomic E-state index is 13.0. The molecule has 0 radical (unpaired) electrons. The Labute approximate surface area is 198 Å². The minimum absolute atomic E-state index is 0.0456. The largest absolute Gasteiger partial charge is 0.416 e. The van der Waals surface area contributed by atoms with Gasteiger partial charge in [-0.05, 0) is 49.7 Å². The molecule has 2 heterocycles. The third kappa shape index (κ3) is 5.32. The van der Waals surface area contributed by atoms with Crippen LogP contribution in [0.2, 0.25) is 0 Å². The normalized spacial score (nSPS) is 11.5. The van der Waals surface area contributed by atoms with Crippen LogP contribution in [-0.4, -0.2) is 32.3 Å². The Morgan fingerprint density at radius 1 is 1.17 bits per heavy atom. The SMILES string of the molecule is CCONc1ncc2c(Nc3cc(C(=O)Nc4cccc(C(F)(F)F)c4)ccc3C)nn(C)c2n1. The molecule has 2 aromatic heterocycles. The average molecular weight is 485 g/mol. The van der Waals surface area contributed by atoms with Crippen LogP contribution in [0.15, 0.2) is 48.7 Å². The van der Waals surface area contributed by atoms with Crippen molar-refractivity contribution >= 4 is 40.1 Å². The van der Waals surface area contributed by atoms with Gasteiger partial charge < -0.3 is 10.6 Å². The molecule has 0 aliphatic rings. The molecule has 3 N–H and O–H groups in total. The first-order valence-corrected chi connectivity index (χ1v) is 10.6. The van der Waals surface area contributed by atoms with Crippen molar-refractivity contribution in [2.45, 2.75) is 20.0 Å². The molecular weight excluding hydrogens is 463 g/mol. The second kappa shape index (κ2) is 9.58. The summed E-state index contributed by atoms with van der Waals surface area (Å²) in [6.45, 7) is 4.12. The van der Waals surface area contributed by atoms with Gasteiger partial charge >= 0.3 is 6.18 Å². The van der Waals surface area contributed by atoms with E-state index in [1.807, 2.05) is 13.8 Å². The van der Waals surface area contributed by atoms with Crippen molar-refractivity contribution in [3.63, 3.8) is 0 Å². The number of anilines is 4. The highest BCUT2D eigenvalue weighted by atomic mass is 19.4. The zero-order chi connectivity index (χ0) is 25.2. The van der Waals surface area contributed by atoms with Crippen LogP contribution in [-0.2, 0) is 18.1 Å². The van der Waals surface area contributed by atoms with Crippen LogP contribution in [0.4, 0.5) is 36.3 Å². The summed E-state index contributed by atoms with van der Waals surface area (Å²) < 4.78 is 40.5. The first-order valence-electron chi connectivity index (χ1n) is 10.6. The van der Waals surface area contributed by atoms with E-state index in [1.54, 1.807) is 36.1 Å². The van der Waals surface area contributed by atoms with Crippen LogP contribution in [0.1, 0.15) is 28.4 Å².